The lowest BCUT2D eigenvalue weighted by Crippen LogP contribution is -2.58. The summed E-state index contributed by atoms with van der Waals surface area (Å²) in [7, 11) is 1.70. The van der Waals surface area contributed by atoms with E-state index in [9.17, 15) is 13.2 Å². The Morgan fingerprint density at radius 2 is 1.78 bits per heavy atom. The van der Waals surface area contributed by atoms with Crippen molar-refractivity contribution >= 4 is 55.6 Å². The zero-order valence-electron chi connectivity index (χ0n) is 23.0. The molecule has 1 aromatic heterocycles. The highest BCUT2D eigenvalue weighted by Gasteiger charge is 2.29. The van der Waals surface area contributed by atoms with Crippen molar-refractivity contribution < 1.29 is 17.9 Å². The first kappa shape index (κ1) is 28.7. The van der Waals surface area contributed by atoms with Crippen molar-refractivity contribution in [1.29, 1.82) is 0 Å². The van der Waals surface area contributed by atoms with Crippen LogP contribution in [0.15, 0.2) is 71.6 Å². The van der Waals surface area contributed by atoms with Gasteiger partial charge in [-0.2, -0.15) is 0 Å². The maximum Gasteiger partial charge on any atom is 0.238 e. The lowest BCUT2D eigenvalue weighted by molar-refractivity contribution is -0.119. The van der Waals surface area contributed by atoms with Crippen LogP contribution in [0.25, 0.3) is 11.0 Å². The van der Waals surface area contributed by atoms with Crippen LogP contribution >= 0.6 is 11.6 Å². The van der Waals surface area contributed by atoms with E-state index in [0.29, 0.717) is 39.2 Å². The van der Waals surface area contributed by atoms with E-state index in [1.54, 1.807) is 49.6 Å². The standard InChI is InChI=1S/C29H31ClN6O4S/c1-35(2)20-15-36(16-20)17-28(37)31-19-7-6-8-22(13-19)41(38,39)18-27-29(33-25-10-5-4-9-24(25)32-27)34-26-14-21(40-3)11-12-23(26)30/h4-14,20H,15-18H2,1-3H3,(H,31,37)(H,33,34). The SMILES string of the molecule is COc1ccc(Cl)c(Nc2nc3ccccc3nc2CS(=O)(=O)c2cccc(NC(=O)CN3CC(N(C)C)C3)c2)c1. The summed E-state index contributed by atoms with van der Waals surface area (Å²) in [5, 5.41) is 6.38. The van der Waals surface area contributed by atoms with Crippen LogP contribution in [0.1, 0.15) is 5.69 Å². The summed E-state index contributed by atoms with van der Waals surface area (Å²) in [5.41, 5.74) is 2.29. The number of carbonyl (C=O) groups is 1. The largest absolute Gasteiger partial charge is 0.497 e. The Bertz CT molecular complexity index is 1690. The Morgan fingerprint density at radius 1 is 1.05 bits per heavy atom. The minimum Gasteiger partial charge on any atom is -0.497 e. The van der Waals surface area contributed by atoms with Crippen molar-refractivity contribution in [3.05, 3.63) is 77.4 Å². The number of fused-ring (bicyclic) bond motifs is 1. The Kier molecular flexibility index (Phi) is 8.41. The third kappa shape index (κ3) is 6.76. The number of hydrogen-bond acceptors (Lipinski definition) is 9. The van der Waals surface area contributed by atoms with Gasteiger partial charge in [0.1, 0.15) is 11.5 Å². The molecule has 2 heterocycles. The highest BCUT2D eigenvalue weighted by Crippen LogP contribution is 2.32. The second kappa shape index (κ2) is 12.0. The summed E-state index contributed by atoms with van der Waals surface area (Å²) < 4.78 is 32.5. The zero-order valence-corrected chi connectivity index (χ0v) is 24.5. The number of nitrogens with one attached hydrogen (secondary N) is 2. The van der Waals surface area contributed by atoms with Crippen LogP contribution in [0, 0.1) is 0 Å². The molecule has 12 heteroatoms. The number of ether oxygens (including phenoxy) is 1. The van der Waals surface area contributed by atoms with E-state index in [2.05, 4.69) is 25.5 Å². The quantitative estimate of drug-likeness (QED) is 0.279. The van der Waals surface area contributed by atoms with E-state index in [1.807, 2.05) is 31.1 Å². The molecular formula is C29H31ClN6O4S. The van der Waals surface area contributed by atoms with E-state index in [4.69, 9.17) is 16.3 Å². The van der Waals surface area contributed by atoms with Gasteiger partial charge in [0, 0.05) is 30.9 Å². The average molecular weight is 595 g/mol. The van der Waals surface area contributed by atoms with Crippen molar-refractivity contribution in [2.24, 2.45) is 0 Å². The van der Waals surface area contributed by atoms with E-state index in [1.165, 1.54) is 12.1 Å². The molecule has 0 radical (unpaired) electrons. The third-order valence-corrected chi connectivity index (χ3v) is 8.86. The molecule has 3 aromatic carbocycles. The molecule has 214 valence electrons. The average Bonchev–Trinajstić information content (AvgIpc) is 2.91. The van der Waals surface area contributed by atoms with Crippen LogP contribution in [0.5, 0.6) is 5.75 Å². The summed E-state index contributed by atoms with van der Waals surface area (Å²) in [6, 6.07) is 19.0. The minimum absolute atomic E-state index is 0.0623. The van der Waals surface area contributed by atoms with Crippen LogP contribution in [-0.2, 0) is 20.4 Å². The molecule has 0 atom stereocenters. The summed E-state index contributed by atoms with van der Waals surface area (Å²) in [5.74, 6) is 0.216. The molecule has 2 N–H and O–H groups in total. The summed E-state index contributed by atoms with van der Waals surface area (Å²) in [4.78, 5) is 26.1. The molecule has 4 aromatic rings. The topological polar surface area (TPSA) is 117 Å². The summed E-state index contributed by atoms with van der Waals surface area (Å²) in [6.07, 6.45) is 0. The number of anilines is 3. The number of halogens is 1. The summed E-state index contributed by atoms with van der Waals surface area (Å²) >= 11 is 6.40. The maximum atomic E-state index is 13.6. The van der Waals surface area contributed by atoms with Gasteiger partial charge in [-0.25, -0.2) is 18.4 Å². The predicted molar refractivity (Wildman–Crippen MR) is 161 cm³/mol. The molecular weight excluding hydrogens is 564 g/mol. The van der Waals surface area contributed by atoms with Gasteiger partial charge in [-0.15, -0.1) is 0 Å². The Hall–Kier alpha value is -3.77. The highest BCUT2D eigenvalue weighted by molar-refractivity contribution is 7.90. The molecule has 1 aliphatic heterocycles. The number of amides is 1. The first-order chi connectivity index (χ1) is 19.6. The van der Waals surface area contributed by atoms with Gasteiger partial charge < -0.3 is 20.3 Å². The maximum absolute atomic E-state index is 13.6. The van der Waals surface area contributed by atoms with Gasteiger partial charge in [-0.3, -0.25) is 9.69 Å². The van der Waals surface area contributed by atoms with Crippen molar-refractivity contribution in [2.45, 2.75) is 16.7 Å². The van der Waals surface area contributed by atoms with Crippen molar-refractivity contribution in [2.75, 3.05) is 51.5 Å². The molecule has 0 spiro atoms. The molecule has 1 fully saturated rings. The number of likely N-dealkylation sites (N-methyl/N-ethyl adjacent to an activating group) is 1. The molecule has 0 saturated carbocycles. The first-order valence-electron chi connectivity index (χ1n) is 13.0. The number of hydrogen-bond donors (Lipinski definition) is 2. The number of methoxy groups -OCH3 is 1. The van der Waals surface area contributed by atoms with Crippen LogP contribution in [0.4, 0.5) is 17.2 Å². The molecule has 0 aliphatic carbocycles. The van der Waals surface area contributed by atoms with E-state index in [0.717, 1.165) is 13.1 Å². The van der Waals surface area contributed by atoms with Crippen LogP contribution in [0.3, 0.4) is 0 Å². The number of benzene rings is 3. The van der Waals surface area contributed by atoms with Gasteiger partial charge in [0.2, 0.25) is 5.91 Å². The smallest absolute Gasteiger partial charge is 0.238 e. The first-order valence-corrected chi connectivity index (χ1v) is 15.0. The Balaban J connectivity index is 1.38. The van der Waals surface area contributed by atoms with Gasteiger partial charge in [0.25, 0.3) is 0 Å². The molecule has 1 saturated heterocycles. The summed E-state index contributed by atoms with van der Waals surface area (Å²) in [6.45, 7) is 1.88. The molecule has 1 amide bonds. The van der Waals surface area contributed by atoms with E-state index >= 15 is 0 Å². The third-order valence-electron chi connectivity index (χ3n) is 6.91. The number of aromatic nitrogens is 2. The number of sulfone groups is 1. The van der Waals surface area contributed by atoms with Gasteiger partial charge in [-0.1, -0.05) is 29.8 Å². The van der Waals surface area contributed by atoms with Crippen molar-refractivity contribution in [3.63, 3.8) is 0 Å². The number of carbonyl (C=O) groups excluding carboxylic acids is 1. The van der Waals surface area contributed by atoms with Crippen molar-refractivity contribution in [3.8, 4) is 5.75 Å². The normalized spacial score (nSPS) is 14.2. The van der Waals surface area contributed by atoms with Gasteiger partial charge >= 0.3 is 0 Å². The lowest BCUT2D eigenvalue weighted by Gasteiger charge is -2.42. The molecule has 41 heavy (non-hydrogen) atoms. The molecule has 0 bridgehead atoms. The Labute approximate surface area is 244 Å². The second-order valence-electron chi connectivity index (χ2n) is 10.1. The zero-order chi connectivity index (χ0) is 29.1. The van der Waals surface area contributed by atoms with Crippen LogP contribution in [0.2, 0.25) is 5.02 Å². The van der Waals surface area contributed by atoms with Gasteiger partial charge in [-0.05, 0) is 56.6 Å². The van der Waals surface area contributed by atoms with Crippen LogP contribution < -0.4 is 15.4 Å². The van der Waals surface area contributed by atoms with E-state index < -0.39 is 15.6 Å². The fourth-order valence-electron chi connectivity index (χ4n) is 4.52. The van der Waals surface area contributed by atoms with Gasteiger partial charge in [0.15, 0.2) is 15.7 Å². The molecule has 5 rings (SSSR count). The number of nitrogens with zero attached hydrogens (tertiary/aromatic N) is 4. The fraction of sp³-hybridized carbons (Fsp3) is 0.276. The second-order valence-corrected chi connectivity index (χ2v) is 12.5. The fourth-order valence-corrected chi connectivity index (χ4v) is 6.01. The predicted octanol–water partition coefficient (Wildman–Crippen LogP) is 4.19. The number of likely N-dealkylation sites (tertiary alicyclic amines) is 1. The van der Waals surface area contributed by atoms with Crippen LogP contribution in [-0.4, -0.2) is 81.0 Å². The van der Waals surface area contributed by atoms with E-state index in [-0.39, 0.29) is 28.9 Å². The Morgan fingerprint density at radius 3 is 2.49 bits per heavy atom. The molecule has 0 unspecified atom stereocenters. The monoisotopic (exact) mass is 594 g/mol. The van der Waals surface area contributed by atoms with Gasteiger partial charge in [0.05, 0.1) is 46.0 Å². The molecule has 10 nitrogen and oxygen atoms in total. The number of rotatable bonds is 10. The van der Waals surface area contributed by atoms with Crippen molar-refractivity contribution in [1.82, 2.24) is 19.8 Å². The minimum atomic E-state index is -3.88. The number of para-hydroxylation sites is 2. The molecule has 1 aliphatic rings. The lowest BCUT2D eigenvalue weighted by atomic mass is 10.1. The highest BCUT2D eigenvalue weighted by atomic mass is 35.5.